The second kappa shape index (κ2) is 4.88. The number of hydrogen-bond donors (Lipinski definition) is 1. The molecular weight excluding hydrogens is 212 g/mol. The molecule has 0 aromatic heterocycles. The summed E-state index contributed by atoms with van der Waals surface area (Å²) < 4.78 is 0. The fraction of sp³-hybridized carbons (Fsp3) is 0.500. The molecule has 1 amide bonds. The third-order valence-electron chi connectivity index (χ3n) is 3.20. The van der Waals surface area contributed by atoms with Gasteiger partial charge < -0.3 is 10.6 Å². The van der Waals surface area contributed by atoms with E-state index in [-0.39, 0.29) is 11.9 Å². The number of fused-ring (bicyclic) bond motifs is 1. The average molecular weight is 232 g/mol. The number of carbonyl (C=O) groups excluding carboxylic acids is 1. The Balaban J connectivity index is 2.01. The highest BCUT2D eigenvalue weighted by Gasteiger charge is 2.26. The lowest BCUT2D eigenvalue weighted by molar-refractivity contribution is -0.133. The van der Waals surface area contributed by atoms with Gasteiger partial charge in [-0.1, -0.05) is 38.1 Å². The van der Waals surface area contributed by atoms with Crippen molar-refractivity contribution in [1.29, 1.82) is 0 Å². The lowest BCUT2D eigenvalue weighted by atomic mass is 10.0. The molecule has 0 bridgehead atoms. The van der Waals surface area contributed by atoms with Crippen LogP contribution in [0.15, 0.2) is 24.3 Å². The monoisotopic (exact) mass is 232 g/mol. The van der Waals surface area contributed by atoms with Crippen LogP contribution in [0.2, 0.25) is 0 Å². The van der Waals surface area contributed by atoms with Crippen LogP contribution in [0.3, 0.4) is 0 Å². The molecule has 17 heavy (non-hydrogen) atoms. The molecule has 2 N–H and O–H groups in total. The van der Waals surface area contributed by atoms with Crippen LogP contribution in [-0.2, 0) is 17.9 Å². The predicted molar refractivity (Wildman–Crippen MR) is 68.1 cm³/mol. The zero-order chi connectivity index (χ0) is 12.4. The summed E-state index contributed by atoms with van der Waals surface area (Å²) in [6.45, 7) is 5.60. The number of amides is 1. The largest absolute Gasteiger partial charge is 0.333 e. The molecule has 1 aliphatic rings. The molecule has 3 nitrogen and oxygen atoms in total. The first kappa shape index (κ1) is 12.1. The van der Waals surface area contributed by atoms with Crippen molar-refractivity contribution in [3.8, 4) is 0 Å². The van der Waals surface area contributed by atoms with E-state index in [1.807, 2.05) is 17.0 Å². The highest BCUT2D eigenvalue weighted by atomic mass is 16.2. The van der Waals surface area contributed by atoms with Crippen LogP contribution >= 0.6 is 0 Å². The number of nitrogens with two attached hydrogens (primary N) is 1. The van der Waals surface area contributed by atoms with Gasteiger partial charge in [0.25, 0.3) is 0 Å². The zero-order valence-electron chi connectivity index (χ0n) is 10.5. The van der Waals surface area contributed by atoms with Crippen molar-refractivity contribution in [2.75, 3.05) is 0 Å². The Labute approximate surface area is 103 Å². The second-order valence-corrected chi connectivity index (χ2v) is 5.20. The fourth-order valence-electron chi connectivity index (χ4n) is 2.33. The molecule has 2 rings (SSSR count). The summed E-state index contributed by atoms with van der Waals surface area (Å²) in [6, 6.07) is 7.83. The van der Waals surface area contributed by atoms with Crippen molar-refractivity contribution in [3.63, 3.8) is 0 Å². The molecule has 1 heterocycles. The number of carbonyl (C=O) groups is 1. The van der Waals surface area contributed by atoms with E-state index < -0.39 is 0 Å². The van der Waals surface area contributed by atoms with Crippen LogP contribution in [0.4, 0.5) is 0 Å². The number of benzene rings is 1. The maximum Gasteiger partial charge on any atom is 0.240 e. The summed E-state index contributed by atoms with van der Waals surface area (Å²) in [6.07, 6.45) is 0.756. The van der Waals surface area contributed by atoms with E-state index in [0.29, 0.717) is 19.0 Å². The second-order valence-electron chi connectivity index (χ2n) is 5.20. The van der Waals surface area contributed by atoms with Gasteiger partial charge >= 0.3 is 0 Å². The zero-order valence-corrected chi connectivity index (χ0v) is 10.5. The molecule has 1 atom stereocenters. The molecule has 0 aliphatic carbocycles. The predicted octanol–water partition coefficient (Wildman–Crippen LogP) is 1.90. The van der Waals surface area contributed by atoms with E-state index in [4.69, 9.17) is 5.73 Å². The smallest absolute Gasteiger partial charge is 0.240 e. The van der Waals surface area contributed by atoms with Crippen molar-refractivity contribution < 1.29 is 4.79 Å². The molecule has 0 unspecified atom stereocenters. The van der Waals surface area contributed by atoms with Gasteiger partial charge in [0.2, 0.25) is 5.91 Å². The van der Waals surface area contributed by atoms with Crippen molar-refractivity contribution in [2.24, 2.45) is 11.7 Å². The Morgan fingerprint density at radius 1 is 1.29 bits per heavy atom. The van der Waals surface area contributed by atoms with E-state index in [1.54, 1.807) is 0 Å². The quantitative estimate of drug-likeness (QED) is 0.865. The highest BCUT2D eigenvalue weighted by Crippen LogP contribution is 2.23. The van der Waals surface area contributed by atoms with E-state index >= 15 is 0 Å². The minimum atomic E-state index is -0.357. The maximum atomic E-state index is 12.2. The van der Waals surface area contributed by atoms with E-state index in [1.165, 1.54) is 11.1 Å². The summed E-state index contributed by atoms with van der Waals surface area (Å²) in [7, 11) is 0. The average Bonchev–Trinajstić information content (AvgIpc) is 2.70. The summed E-state index contributed by atoms with van der Waals surface area (Å²) >= 11 is 0. The van der Waals surface area contributed by atoms with Gasteiger partial charge in [-0.3, -0.25) is 4.79 Å². The van der Waals surface area contributed by atoms with Gasteiger partial charge in [-0.05, 0) is 23.5 Å². The molecule has 0 saturated heterocycles. The lowest BCUT2D eigenvalue weighted by Crippen LogP contribution is -2.41. The van der Waals surface area contributed by atoms with Crippen LogP contribution in [0.25, 0.3) is 0 Å². The molecule has 1 aliphatic heterocycles. The molecular formula is C14H20N2O. The third kappa shape index (κ3) is 2.67. The number of hydrogen-bond acceptors (Lipinski definition) is 2. The van der Waals surface area contributed by atoms with Gasteiger partial charge in [0, 0.05) is 13.1 Å². The van der Waals surface area contributed by atoms with E-state index in [2.05, 4.69) is 26.0 Å². The maximum absolute atomic E-state index is 12.2. The summed E-state index contributed by atoms with van der Waals surface area (Å²) in [5.74, 6) is 0.536. The van der Waals surface area contributed by atoms with Gasteiger partial charge in [0.05, 0.1) is 6.04 Å². The Kier molecular flexibility index (Phi) is 3.48. The molecule has 0 radical (unpaired) electrons. The first-order valence-electron chi connectivity index (χ1n) is 6.19. The lowest BCUT2D eigenvalue weighted by Gasteiger charge is -2.21. The molecule has 0 fully saturated rings. The third-order valence-corrected chi connectivity index (χ3v) is 3.20. The minimum absolute atomic E-state index is 0.0786. The van der Waals surface area contributed by atoms with Crippen LogP contribution in [-0.4, -0.2) is 16.8 Å². The van der Waals surface area contributed by atoms with Crippen molar-refractivity contribution >= 4 is 5.91 Å². The summed E-state index contributed by atoms with van der Waals surface area (Å²) in [5.41, 5.74) is 8.44. The standard InChI is InChI=1S/C14H20N2O/c1-10(2)7-13(15)14(17)16-8-11-5-3-4-6-12(11)9-16/h3-6,10,13H,7-9,15H2,1-2H3/t13-/m1/s1. The summed E-state index contributed by atoms with van der Waals surface area (Å²) in [5, 5.41) is 0. The minimum Gasteiger partial charge on any atom is -0.333 e. The Hall–Kier alpha value is -1.35. The Morgan fingerprint density at radius 3 is 2.29 bits per heavy atom. The van der Waals surface area contributed by atoms with Gasteiger partial charge in [-0.15, -0.1) is 0 Å². The van der Waals surface area contributed by atoms with Gasteiger partial charge in [0.15, 0.2) is 0 Å². The molecule has 92 valence electrons. The SMILES string of the molecule is CC(C)C[C@@H](N)C(=O)N1Cc2ccccc2C1. The number of nitrogens with zero attached hydrogens (tertiary/aromatic N) is 1. The van der Waals surface area contributed by atoms with Crippen LogP contribution < -0.4 is 5.73 Å². The Morgan fingerprint density at radius 2 is 1.82 bits per heavy atom. The molecule has 3 heteroatoms. The molecule has 1 aromatic carbocycles. The van der Waals surface area contributed by atoms with Crippen molar-refractivity contribution in [3.05, 3.63) is 35.4 Å². The Bertz CT molecular complexity index is 389. The van der Waals surface area contributed by atoms with Crippen LogP contribution in [0.1, 0.15) is 31.4 Å². The van der Waals surface area contributed by atoms with Gasteiger partial charge in [0.1, 0.15) is 0 Å². The molecule has 1 aromatic rings. The highest BCUT2D eigenvalue weighted by molar-refractivity contribution is 5.82. The van der Waals surface area contributed by atoms with Crippen LogP contribution in [0, 0.1) is 5.92 Å². The molecule has 0 spiro atoms. The van der Waals surface area contributed by atoms with Crippen LogP contribution in [0.5, 0.6) is 0 Å². The number of rotatable bonds is 3. The van der Waals surface area contributed by atoms with Crippen molar-refractivity contribution in [2.45, 2.75) is 39.4 Å². The normalized spacial score (nSPS) is 16.1. The first-order valence-corrected chi connectivity index (χ1v) is 6.19. The summed E-state index contributed by atoms with van der Waals surface area (Å²) in [4.78, 5) is 14.0. The van der Waals surface area contributed by atoms with E-state index in [0.717, 1.165) is 6.42 Å². The topological polar surface area (TPSA) is 46.3 Å². The van der Waals surface area contributed by atoms with Crippen molar-refractivity contribution in [1.82, 2.24) is 4.90 Å². The van der Waals surface area contributed by atoms with Gasteiger partial charge in [-0.25, -0.2) is 0 Å². The fourth-order valence-corrected chi connectivity index (χ4v) is 2.33. The van der Waals surface area contributed by atoms with E-state index in [9.17, 15) is 4.79 Å². The molecule has 0 saturated carbocycles. The van der Waals surface area contributed by atoms with Gasteiger partial charge in [-0.2, -0.15) is 0 Å². The first-order chi connectivity index (χ1) is 8.08.